The number of anilines is 4. The Balaban J connectivity index is 1.64. The van der Waals surface area contributed by atoms with Crippen LogP contribution >= 0.6 is 0 Å². The second-order valence-corrected chi connectivity index (χ2v) is 8.20. The predicted molar refractivity (Wildman–Crippen MR) is 129 cm³/mol. The van der Waals surface area contributed by atoms with Crippen molar-refractivity contribution >= 4 is 28.9 Å². The summed E-state index contributed by atoms with van der Waals surface area (Å²) in [6.07, 6.45) is 7.13. The van der Waals surface area contributed by atoms with Gasteiger partial charge in [-0.2, -0.15) is 0 Å². The Morgan fingerprint density at radius 1 is 1.06 bits per heavy atom. The molecular formula is C24H28FN7O. The van der Waals surface area contributed by atoms with Crippen molar-refractivity contribution in [3.63, 3.8) is 0 Å². The zero-order chi connectivity index (χ0) is 23.4. The number of nitrogens with one attached hydrogen (secondary N) is 3. The number of primary amides is 1. The number of hydrogen-bond acceptors (Lipinski definition) is 7. The highest BCUT2D eigenvalue weighted by molar-refractivity contribution is 5.98. The van der Waals surface area contributed by atoms with Crippen LogP contribution in [0.3, 0.4) is 0 Å². The number of rotatable bonds is 7. The molecular weight excluding hydrogens is 421 g/mol. The van der Waals surface area contributed by atoms with Crippen LogP contribution in [0.15, 0.2) is 48.8 Å². The van der Waals surface area contributed by atoms with Crippen molar-refractivity contribution < 1.29 is 9.18 Å². The van der Waals surface area contributed by atoms with Crippen LogP contribution < -0.4 is 27.4 Å². The van der Waals surface area contributed by atoms with Crippen molar-refractivity contribution in [2.45, 2.75) is 37.8 Å². The van der Waals surface area contributed by atoms with Crippen LogP contribution in [-0.4, -0.2) is 35.0 Å². The number of hydrogen-bond donors (Lipinski definition) is 5. The summed E-state index contributed by atoms with van der Waals surface area (Å²) in [6.45, 7) is 0. The van der Waals surface area contributed by atoms with E-state index in [0.717, 1.165) is 48.6 Å². The zero-order valence-corrected chi connectivity index (χ0v) is 18.4. The van der Waals surface area contributed by atoms with E-state index in [9.17, 15) is 9.18 Å². The van der Waals surface area contributed by atoms with Crippen LogP contribution in [0.2, 0.25) is 0 Å². The Hall–Kier alpha value is -3.72. The average molecular weight is 450 g/mol. The zero-order valence-electron chi connectivity index (χ0n) is 18.4. The summed E-state index contributed by atoms with van der Waals surface area (Å²) in [5, 5.41) is 9.31. The SMILES string of the molecule is CNc1cccc(-c2cncc(Nc3nc(N[C@@H]4CCCC[C@@H]4N)c(F)cc3C(N)=O)c2)c1. The van der Waals surface area contributed by atoms with E-state index in [-0.39, 0.29) is 29.3 Å². The van der Waals surface area contributed by atoms with Gasteiger partial charge in [0.1, 0.15) is 5.82 Å². The molecule has 3 aromatic rings. The Kier molecular flexibility index (Phi) is 6.69. The second-order valence-electron chi connectivity index (χ2n) is 8.20. The van der Waals surface area contributed by atoms with Gasteiger partial charge in [0.05, 0.1) is 17.4 Å². The normalized spacial score (nSPS) is 17.9. The molecule has 1 aliphatic rings. The number of benzene rings is 1. The summed E-state index contributed by atoms with van der Waals surface area (Å²) < 4.78 is 14.7. The average Bonchev–Trinajstić information content (AvgIpc) is 2.82. The number of carbonyl (C=O) groups is 1. The minimum Gasteiger partial charge on any atom is -0.388 e. The Bertz CT molecular complexity index is 1150. The molecule has 172 valence electrons. The van der Waals surface area contributed by atoms with Crippen molar-refractivity contribution in [2.24, 2.45) is 11.5 Å². The Morgan fingerprint density at radius 3 is 2.61 bits per heavy atom. The Morgan fingerprint density at radius 2 is 1.85 bits per heavy atom. The molecule has 2 atom stereocenters. The van der Waals surface area contributed by atoms with Gasteiger partial charge in [-0.3, -0.25) is 9.78 Å². The number of carbonyl (C=O) groups excluding carboxylic acids is 1. The lowest BCUT2D eigenvalue weighted by molar-refractivity contribution is 0.100. The first kappa shape index (κ1) is 22.5. The van der Waals surface area contributed by atoms with Crippen molar-refractivity contribution in [1.82, 2.24) is 9.97 Å². The molecule has 1 aliphatic carbocycles. The van der Waals surface area contributed by atoms with E-state index >= 15 is 0 Å². The molecule has 7 N–H and O–H groups in total. The topological polar surface area (TPSA) is 131 Å². The molecule has 1 aromatic carbocycles. The van der Waals surface area contributed by atoms with E-state index in [0.29, 0.717) is 5.69 Å². The predicted octanol–water partition coefficient (Wildman–Crippen LogP) is 3.85. The van der Waals surface area contributed by atoms with Gasteiger partial charge in [-0.15, -0.1) is 0 Å². The van der Waals surface area contributed by atoms with Crippen LogP contribution in [0.5, 0.6) is 0 Å². The smallest absolute Gasteiger partial charge is 0.252 e. The quantitative estimate of drug-likeness (QED) is 0.370. The summed E-state index contributed by atoms with van der Waals surface area (Å²) >= 11 is 0. The third kappa shape index (κ3) is 5.20. The van der Waals surface area contributed by atoms with Crippen molar-refractivity contribution in [3.8, 4) is 11.1 Å². The number of nitrogens with zero attached hydrogens (tertiary/aromatic N) is 2. The molecule has 0 spiro atoms. The van der Waals surface area contributed by atoms with Gasteiger partial charge < -0.3 is 27.4 Å². The lowest BCUT2D eigenvalue weighted by Crippen LogP contribution is -2.43. The molecule has 0 radical (unpaired) electrons. The number of amides is 1. The van der Waals surface area contributed by atoms with E-state index in [4.69, 9.17) is 11.5 Å². The lowest BCUT2D eigenvalue weighted by atomic mass is 9.91. The number of halogens is 1. The highest BCUT2D eigenvalue weighted by Crippen LogP contribution is 2.29. The molecule has 0 aliphatic heterocycles. The summed E-state index contributed by atoms with van der Waals surface area (Å²) in [4.78, 5) is 20.6. The van der Waals surface area contributed by atoms with Crippen LogP contribution in [0.4, 0.5) is 27.4 Å². The fourth-order valence-corrected chi connectivity index (χ4v) is 4.04. The van der Waals surface area contributed by atoms with Crippen molar-refractivity contribution in [1.29, 1.82) is 0 Å². The van der Waals surface area contributed by atoms with E-state index in [2.05, 4.69) is 25.9 Å². The third-order valence-corrected chi connectivity index (χ3v) is 5.87. The summed E-state index contributed by atoms with van der Waals surface area (Å²) in [5.41, 5.74) is 15.0. The molecule has 2 aromatic heterocycles. The Labute approximate surface area is 192 Å². The molecule has 0 saturated heterocycles. The van der Waals surface area contributed by atoms with Gasteiger partial charge in [-0.05, 0) is 42.7 Å². The van der Waals surface area contributed by atoms with Gasteiger partial charge in [-0.1, -0.05) is 25.0 Å². The van der Waals surface area contributed by atoms with Crippen LogP contribution in [0.1, 0.15) is 36.0 Å². The van der Waals surface area contributed by atoms with Gasteiger partial charge in [-0.25, -0.2) is 9.37 Å². The molecule has 1 saturated carbocycles. The second kappa shape index (κ2) is 9.83. The van der Waals surface area contributed by atoms with Crippen LogP contribution in [0.25, 0.3) is 11.1 Å². The number of pyridine rings is 2. The van der Waals surface area contributed by atoms with E-state index in [1.807, 2.05) is 37.4 Å². The van der Waals surface area contributed by atoms with Gasteiger partial charge in [0.15, 0.2) is 11.6 Å². The molecule has 4 rings (SSSR count). The highest BCUT2D eigenvalue weighted by atomic mass is 19.1. The summed E-state index contributed by atoms with van der Waals surface area (Å²) in [6, 6.07) is 10.7. The molecule has 1 amide bonds. The standard InChI is InChI=1S/C24H28FN7O/c1-28-16-6-4-5-14(9-16)15-10-17(13-29-12-15)30-23-18(22(27)33)11-19(25)24(32-23)31-21-8-3-2-7-20(21)26/h4-6,9-13,20-21,28H,2-3,7-8,26H2,1H3,(H2,27,33)(H2,30,31,32)/t20-,21+/m0/s1. The number of aromatic nitrogens is 2. The van der Waals surface area contributed by atoms with Gasteiger partial charge in [0.2, 0.25) is 0 Å². The van der Waals surface area contributed by atoms with Gasteiger partial charge in [0, 0.05) is 36.6 Å². The van der Waals surface area contributed by atoms with Crippen LogP contribution in [-0.2, 0) is 0 Å². The molecule has 1 fully saturated rings. The van der Waals surface area contributed by atoms with Gasteiger partial charge >= 0.3 is 0 Å². The van der Waals surface area contributed by atoms with E-state index in [1.165, 1.54) is 0 Å². The fourth-order valence-electron chi connectivity index (χ4n) is 4.04. The van der Waals surface area contributed by atoms with Gasteiger partial charge in [0.25, 0.3) is 5.91 Å². The lowest BCUT2D eigenvalue weighted by Gasteiger charge is -2.30. The first-order valence-electron chi connectivity index (χ1n) is 11.0. The molecule has 8 nitrogen and oxygen atoms in total. The molecule has 33 heavy (non-hydrogen) atoms. The van der Waals surface area contributed by atoms with E-state index < -0.39 is 11.7 Å². The maximum absolute atomic E-state index is 14.7. The third-order valence-electron chi connectivity index (χ3n) is 5.87. The van der Waals surface area contributed by atoms with E-state index in [1.54, 1.807) is 12.4 Å². The largest absolute Gasteiger partial charge is 0.388 e. The number of nitrogens with two attached hydrogens (primary N) is 2. The van der Waals surface area contributed by atoms with Crippen molar-refractivity contribution in [2.75, 3.05) is 23.0 Å². The highest BCUT2D eigenvalue weighted by Gasteiger charge is 2.24. The maximum Gasteiger partial charge on any atom is 0.252 e. The van der Waals surface area contributed by atoms with Crippen LogP contribution in [0, 0.1) is 5.82 Å². The monoisotopic (exact) mass is 449 g/mol. The fraction of sp³-hybridized carbons (Fsp3) is 0.292. The molecule has 9 heteroatoms. The first-order valence-corrected chi connectivity index (χ1v) is 11.0. The minimum atomic E-state index is -0.782. The molecule has 0 unspecified atom stereocenters. The summed E-state index contributed by atoms with van der Waals surface area (Å²) in [7, 11) is 1.85. The molecule has 2 heterocycles. The maximum atomic E-state index is 14.7. The summed E-state index contributed by atoms with van der Waals surface area (Å²) in [5.74, 6) is -1.24. The first-order chi connectivity index (χ1) is 15.9. The molecule has 0 bridgehead atoms. The van der Waals surface area contributed by atoms with Crippen molar-refractivity contribution in [3.05, 3.63) is 60.2 Å². The minimum absolute atomic E-state index is 0.0377.